The zero-order valence-electron chi connectivity index (χ0n) is 10.1. The Morgan fingerprint density at radius 1 is 1.65 bits per heavy atom. The van der Waals surface area contributed by atoms with Crippen molar-refractivity contribution in [1.29, 1.82) is 0 Å². The maximum atomic E-state index is 11.9. The Hall–Kier alpha value is -0.750. The summed E-state index contributed by atoms with van der Waals surface area (Å²) in [5.41, 5.74) is 6.06. The van der Waals surface area contributed by atoms with Crippen LogP contribution in [0.5, 0.6) is 0 Å². The van der Waals surface area contributed by atoms with Gasteiger partial charge in [-0.3, -0.25) is 4.79 Å². The van der Waals surface area contributed by atoms with Gasteiger partial charge in [-0.05, 0) is 42.1 Å². The molecule has 0 bridgehead atoms. The molecule has 0 fully saturated rings. The summed E-state index contributed by atoms with van der Waals surface area (Å²) in [6.07, 6.45) is 3.58. The summed E-state index contributed by atoms with van der Waals surface area (Å²) in [5, 5.41) is 2.86. The van der Waals surface area contributed by atoms with Crippen molar-refractivity contribution in [1.82, 2.24) is 10.3 Å². The predicted molar refractivity (Wildman–Crippen MR) is 76.3 cm³/mol. The number of aromatic nitrogens is 1. The van der Waals surface area contributed by atoms with Gasteiger partial charge < -0.3 is 11.1 Å². The van der Waals surface area contributed by atoms with Gasteiger partial charge in [0.05, 0.1) is 5.56 Å². The van der Waals surface area contributed by atoms with E-state index in [0.717, 1.165) is 4.47 Å². The smallest absolute Gasteiger partial charge is 0.255 e. The topological polar surface area (TPSA) is 68.0 Å². The molecule has 0 atom stereocenters. The second kappa shape index (κ2) is 5.73. The molecular formula is C11H16BrN3OS. The van der Waals surface area contributed by atoms with Crippen molar-refractivity contribution in [3.63, 3.8) is 0 Å². The maximum absolute atomic E-state index is 11.9. The van der Waals surface area contributed by atoms with Crippen LogP contribution in [-0.2, 0) is 0 Å². The number of nitrogens with two attached hydrogens (primary N) is 1. The number of rotatable bonds is 4. The molecular weight excluding hydrogens is 302 g/mol. The molecule has 1 amide bonds. The highest BCUT2D eigenvalue weighted by molar-refractivity contribution is 9.10. The van der Waals surface area contributed by atoms with Crippen LogP contribution in [0, 0.1) is 0 Å². The van der Waals surface area contributed by atoms with Gasteiger partial charge >= 0.3 is 0 Å². The number of carbonyl (C=O) groups excluding carboxylic acids is 1. The standard InChI is InChI=1S/C11H16BrN3OS/c1-11(2,17-3)6-15-10(16)8-4-7(12)5-14-9(8)13/h4-5H,6H2,1-3H3,(H2,13,14)(H,15,16). The first-order valence-corrected chi connectivity index (χ1v) is 7.12. The van der Waals surface area contributed by atoms with Crippen LogP contribution in [0.1, 0.15) is 24.2 Å². The van der Waals surface area contributed by atoms with Gasteiger partial charge in [0.1, 0.15) is 5.82 Å². The van der Waals surface area contributed by atoms with E-state index in [1.165, 1.54) is 0 Å². The number of halogens is 1. The summed E-state index contributed by atoms with van der Waals surface area (Å²) in [7, 11) is 0. The molecule has 0 saturated heterocycles. The number of thioether (sulfide) groups is 1. The van der Waals surface area contributed by atoms with Crippen LogP contribution >= 0.6 is 27.7 Å². The number of hydrogen-bond donors (Lipinski definition) is 2. The average Bonchev–Trinajstić information content (AvgIpc) is 2.29. The molecule has 4 nitrogen and oxygen atoms in total. The summed E-state index contributed by atoms with van der Waals surface area (Å²) in [5.74, 6) is 0.0473. The monoisotopic (exact) mass is 317 g/mol. The van der Waals surface area contributed by atoms with Crippen molar-refractivity contribution in [2.45, 2.75) is 18.6 Å². The Morgan fingerprint density at radius 3 is 2.88 bits per heavy atom. The Labute approximate surface area is 114 Å². The highest BCUT2D eigenvalue weighted by atomic mass is 79.9. The van der Waals surface area contributed by atoms with E-state index in [1.54, 1.807) is 24.0 Å². The molecule has 6 heteroatoms. The number of pyridine rings is 1. The van der Waals surface area contributed by atoms with Crippen molar-refractivity contribution >= 4 is 39.4 Å². The van der Waals surface area contributed by atoms with Gasteiger partial charge in [-0.2, -0.15) is 11.8 Å². The van der Waals surface area contributed by atoms with E-state index in [-0.39, 0.29) is 16.5 Å². The minimum absolute atomic E-state index is 0.00383. The summed E-state index contributed by atoms with van der Waals surface area (Å²) in [6, 6.07) is 1.67. The summed E-state index contributed by atoms with van der Waals surface area (Å²) in [6.45, 7) is 4.72. The number of carbonyl (C=O) groups is 1. The fourth-order valence-electron chi connectivity index (χ4n) is 1.09. The van der Waals surface area contributed by atoms with Gasteiger partial charge in [-0.15, -0.1) is 0 Å². The van der Waals surface area contributed by atoms with E-state index in [9.17, 15) is 4.79 Å². The molecule has 0 radical (unpaired) electrons. The van der Waals surface area contributed by atoms with Crippen molar-refractivity contribution in [3.05, 3.63) is 22.3 Å². The second-order valence-corrected chi connectivity index (χ2v) is 6.66. The molecule has 1 rings (SSSR count). The number of hydrogen-bond acceptors (Lipinski definition) is 4. The average molecular weight is 318 g/mol. The fraction of sp³-hybridized carbons (Fsp3) is 0.455. The minimum atomic E-state index is -0.196. The lowest BCUT2D eigenvalue weighted by Gasteiger charge is -2.22. The van der Waals surface area contributed by atoms with Crippen LogP contribution in [0.4, 0.5) is 5.82 Å². The number of amides is 1. The third-order valence-corrected chi connectivity index (χ3v) is 4.04. The Bertz CT molecular complexity index is 423. The highest BCUT2D eigenvalue weighted by Crippen LogP contribution is 2.20. The largest absolute Gasteiger partial charge is 0.383 e. The lowest BCUT2D eigenvalue weighted by molar-refractivity contribution is 0.0951. The van der Waals surface area contributed by atoms with Crippen LogP contribution < -0.4 is 11.1 Å². The molecule has 1 aromatic heterocycles. The van der Waals surface area contributed by atoms with Crippen molar-refractivity contribution in [2.75, 3.05) is 18.5 Å². The molecule has 1 aromatic rings. The number of nitrogens with one attached hydrogen (secondary N) is 1. The third-order valence-electron chi connectivity index (χ3n) is 2.36. The normalized spacial score (nSPS) is 11.3. The second-order valence-electron chi connectivity index (χ2n) is 4.23. The van der Waals surface area contributed by atoms with Gasteiger partial charge in [0.25, 0.3) is 5.91 Å². The van der Waals surface area contributed by atoms with Crippen molar-refractivity contribution < 1.29 is 4.79 Å². The van der Waals surface area contributed by atoms with E-state index in [0.29, 0.717) is 12.1 Å². The maximum Gasteiger partial charge on any atom is 0.255 e. The fourth-order valence-corrected chi connectivity index (χ4v) is 1.64. The van der Waals surface area contributed by atoms with Gasteiger partial charge in [0.15, 0.2) is 0 Å². The first-order valence-electron chi connectivity index (χ1n) is 5.10. The van der Waals surface area contributed by atoms with Crippen LogP contribution in [0.25, 0.3) is 0 Å². The molecule has 0 aliphatic carbocycles. The van der Waals surface area contributed by atoms with E-state index >= 15 is 0 Å². The van der Waals surface area contributed by atoms with E-state index in [2.05, 4.69) is 40.1 Å². The molecule has 0 aliphatic rings. The minimum Gasteiger partial charge on any atom is -0.383 e. The molecule has 0 unspecified atom stereocenters. The highest BCUT2D eigenvalue weighted by Gasteiger charge is 2.18. The first-order chi connectivity index (χ1) is 7.85. The third kappa shape index (κ3) is 4.20. The Balaban J connectivity index is 2.74. The summed E-state index contributed by atoms with van der Waals surface area (Å²) >= 11 is 4.97. The lowest BCUT2D eigenvalue weighted by Crippen LogP contribution is -2.36. The SMILES string of the molecule is CSC(C)(C)CNC(=O)c1cc(Br)cnc1N. The van der Waals surface area contributed by atoms with Crippen LogP contribution in [0.3, 0.4) is 0 Å². The quantitative estimate of drug-likeness (QED) is 0.894. The van der Waals surface area contributed by atoms with E-state index in [1.807, 2.05) is 6.26 Å². The van der Waals surface area contributed by atoms with Crippen LogP contribution in [0.2, 0.25) is 0 Å². The molecule has 17 heavy (non-hydrogen) atoms. The zero-order valence-corrected chi connectivity index (χ0v) is 12.5. The van der Waals surface area contributed by atoms with Gasteiger partial charge in [0, 0.05) is 22.0 Å². The molecule has 94 valence electrons. The molecule has 0 spiro atoms. The molecule has 0 aromatic carbocycles. The van der Waals surface area contributed by atoms with Gasteiger partial charge in [-0.1, -0.05) is 0 Å². The van der Waals surface area contributed by atoms with Gasteiger partial charge in [-0.25, -0.2) is 4.98 Å². The summed E-state index contributed by atoms with van der Waals surface area (Å²) in [4.78, 5) is 15.8. The van der Waals surface area contributed by atoms with Crippen LogP contribution in [-0.4, -0.2) is 28.4 Å². The molecule has 0 aliphatic heterocycles. The molecule has 1 heterocycles. The first kappa shape index (κ1) is 14.3. The number of anilines is 1. The zero-order chi connectivity index (χ0) is 13.1. The summed E-state index contributed by atoms with van der Waals surface area (Å²) < 4.78 is 0.741. The van der Waals surface area contributed by atoms with E-state index < -0.39 is 0 Å². The van der Waals surface area contributed by atoms with E-state index in [4.69, 9.17) is 5.73 Å². The number of nitrogen functional groups attached to an aromatic ring is 1. The molecule has 3 N–H and O–H groups in total. The Morgan fingerprint density at radius 2 is 2.29 bits per heavy atom. The predicted octanol–water partition coefficient (Wildman–Crippen LogP) is 2.30. The Kier molecular flexibility index (Phi) is 4.82. The lowest BCUT2D eigenvalue weighted by atomic mass is 10.2. The molecule has 0 saturated carbocycles. The van der Waals surface area contributed by atoms with Gasteiger partial charge in [0.2, 0.25) is 0 Å². The number of nitrogens with zero attached hydrogens (tertiary/aromatic N) is 1. The van der Waals surface area contributed by atoms with Crippen LogP contribution in [0.15, 0.2) is 16.7 Å². The van der Waals surface area contributed by atoms with Crippen molar-refractivity contribution in [2.24, 2.45) is 0 Å². The van der Waals surface area contributed by atoms with Crippen molar-refractivity contribution in [3.8, 4) is 0 Å².